The van der Waals surface area contributed by atoms with E-state index < -0.39 is 33.7 Å². The third-order valence-corrected chi connectivity index (χ3v) is 12.6. The van der Waals surface area contributed by atoms with Gasteiger partial charge in [0.05, 0.1) is 24.3 Å². The molecule has 0 heterocycles. The van der Waals surface area contributed by atoms with Crippen molar-refractivity contribution in [1.29, 1.82) is 0 Å². The highest BCUT2D eigenvalue weighted by Crippen LogP contribution is 2.50. The fraction of sp³-hybridized carbons (Fsp3) is 0.111. The van der Waals surface area contributed by atoms with E-state index in [-0.39, 0.29) is 13.2 Å². The summed E-state index contributed by atoms with van der Waals surface area (Å²) in [7, 11) is -1.90. The topological polar surface area (TPSA) is 157 Å². The number of benzene rings is 5. The summed E-state index contributed by atoms with van der Waals surface area (Å²) in [5.74, 6) is 0.145. The van der Waals surface area contributed by atoms with E-state index in [4.69, 9.17) is 32.4 Å². The van der Waals surface area contributed by atoms with Crippen LogP contribution in [0.25, 0.3) is 0 Å². The Kier molecular flexibility index (Phi) is 10.7. The Morgan fingerprint density at radius 2 is 0.696 bits per heavy atom. The van der Waals surface area contributed by atoms with Gasteiger partial charge < -0.3 is 32.4 Å². The Morgan fingerprint density at radius 3 is 0.957 bits per heavy atom. The van der Waals surface area contributed by atoms with Gasteiger partial charge in [-0.15, -0.1) is 0 Å². The number of anilines is 4. The molecule has 8 nitrogen and oxygen atoms in total. The van der Waals surface area contributed by atoms with Gasteiger partial charge in [0.25, 0.3) is 0 Å². The number of ether oxygens (including phenoxy) is 2. The Bertz CT molecular complexity index is 1590. The van der Waals surface area contributed by atoms with Crippen molar-refractivity contribution >= 4 is 56.5 Å². The molecule has 0 aliphatic heterocycles. The number of carbonyl (C=O) groups is 2. The molecule has 0 bridgehead atoms. The molecule has 0 spiro atoms. The fourth-order valence-electron chi connectivity index (χ4n) is 5.04. The highest BCUT2D eigenvalue weighted by Gasteiger charge is 2.19. The van der Waals surface area contributed by atoms with E-state index in [2.05, 4.69) is 0 Å². The van der Waals surface area contributed by atoms with Crippen LogP contribution in [0.3, 0.4) is 0 Å². The van der Waals surface area contributed by atoms with Crippen LogP contribution in [-0.4, -0.2) is 36.7 Å². The number of esters is 2. The smallest absolute Gasteiger partial charge is 0.338 e. The Balaban J connectivity index is 1.18. The van der Waals surface area contributed by atoms with Crippen molar-refractivity contribution in [3.05, 3.63) is 132 Å². The zero-order valence-corrected chi connectivity index (χ0v) is 27.0. The van der Waals surface area contributed by atoms with Crippen LogP contribution in [-0.2, 0) is 9.47 Å². The van der Waals surface area contributed by atoms with E-state index in [1.165, 1.54) is 0 Å². The van der Waals surface area contributed by atoms with Crippen molar-refractivity contribution < 1.29 is 19.1 Å². The van der Waals surface area contributed by atoms with Crippen molar-refractivity contribution in [1.82, 2.24) is 0 Å². The molecule has 10 heteroatoms. The molecule has 5 rings (SSSR count). The van der Waals surface area contributed by atoms with Crippen LogP contribution in [0.2, 0.25) is 0 Å². The van der Waals surface area contributed by atoms with Gasteiger partial charge in [-0.1, -0.05) is 48.5 Å². The maximum absolute atomic E-state index is 12.9. The second-order valence-electron chi connectivity index (χ2n) is 10.4. The molecule has 238 valence electrons. The normalized spacial score (nSPS) is 11.4. The minimum atomic E-state index is -0.952. The zero-order valence-electron chi connectivity index (χ0n) is 25.2. The lowest BCUT2D eigenvalue weighted by atomic mass is 10.1. The van der Waals surface area contributed by atoms with Gasteiger partial charge in [-0.3, -0.25) is 0 Å². The van der Waals surface area contributed by atoms with E-state index in [1.807, 2.05) is 97.1 Å². The predicted octanol–water partition coefficient (Wildman–Crippen LogP) is 6.57. The van der Waals surface area contributed by atoms with Crippen molar-refractivity contribution in [2.45, 2.75) is 19.6 Å². The summed E-state index contributed by atoms with van der Waals surface area (Å²) < 4.78 is 11.3. The lowest BCUT2D eigenvalue weighted by Gasteiger charge is -2.25. The molecular formula is C36H38N4O4S2. The minimum Gasteiger partial charge on any atom is -0.461 e. The predicted molar refractivity (Wildman–Crippen MR) is 191 cm³/mol. The number of thiol groups is 2. The summed E-state index contributed by atoms with van der Waals surface area (Å²) in [6.07, 6.45) is 0. The van der Waals surface area contributed by atoms with Crippen LogP contribution in [0.5, 0.6) is 0 Å². The van der Waals surface area contributed by atoms with Gasteiger partial charge in [-0.25, -0.2) is 9.59 Å². The van der Waals surface area contributed by atoms with Gasteiger partial charge in [-0.2, -0.15) is 21.8 Å². The van der Waals surface area contributed by atoms with Gasteiger partial charge >= 0.3 is 11.9 Å². The SMILES string of the molecule is Nc1ccccc1[SH](CCOC(=O)c1ccc(C(=O)OCC[SH](c2ccccc2N)c2ccccc2N)cc1)c1ccccc1N. The molecule has 0 aliphatic rings. The minimum absolute atomic E-state index is 0.178. The average Bonchev–Trinajstić information content (AvgIpc) is 3.07. The highest BCUT2D eigenvalue weighted by molar-refractivity contribution is 8.17. The van der Waals surface area contributed by atoms with E-state index in [1.54, 1.807) is 24.3 Å². The summed E-state index contributed by atoms with van der Waals surface area (Å²) in [5, 5.41) is 0. The lowest BCUT2D eigenvalue weighted by Crippen LogP contribution is -2.12. The second-order valence-corrected chi connectivity index (χ2v) is 14.9. The van der Waals surface area contributed by atoms with Crippen LogP contribution in [0.15, 0.2) is 141 Å². The number of para-hydroxylation sites is 4. The number of hydrogen-bond acceptors (Lipinski definition) is 8. The first-order valence-corrected chi connectivity index (χ1v) is 17.8. The monoisotopic (exact) mass is 654 g/mol. The summed E-state index contributed by atoms with van der Waals surface area (Å²) >= 11 is 0. The number of hydrogen-bond donors (Lipinski definition) is 6. The van der Waals surface area contributed by atoms with Crippen molar-refractivity contribution in [2.24, 2.45) is 0 Å². The molecule has 5 aromatic rings. The summed E-state index contributed by atoms with van der Waals surface area (Å²) in [6, 6.07) is 37.0. The number of nitrogens with two attached hydrogens (primary N) is 4. The fourth-order valence-corrected chi connectivity index (χ4v) is 9.68. The molecule has 0 saturated heterocycles. The number of nitrogen functional groups attached to an aromatic ring is 4. The first-order valence-electron chi connectivity index (χ1n) is 14.7. The van der Waals surface area contributed by atoms with Gasteiger partial charge in [-0.05, 0) is 72.8 Å². The molecule has 0 fully saturated rings. The zero-order chi connectivity index (χ0) is 32.5. The Morgan fingerprint density at radius 1 is 0.435 bits per heavy atom. The highest BCUT2D eigenvalue weighted by atomic mass is 32.2. The Labute approximate surface area is 274 Å². The first kappa shape index (κ1) is 32.3. The maximum atomic E-state index is 12.9. The Hall–Kier alpha value is -5.06. The molecular weight excluding hydrogens is 617 g/mol. The van der Waals surface area contributed by atoms with Gasteiger partial charge in [0.1, 0.15) is 0 Å². The second kappa shape index (κ2) is 15.3. The van der Waals surface area contributed by atoms with Crippen LogP contribution >= 0.6 is 21.8 Å². The van der Waals surface area contributed by atoms with Gasteiger partial charge in [0.2, 0.25) is 0 Å². The molecule has 5 aromatic carbocycles. The summed E-state index contributed by atoms with van der Waals surface area (Å²) in [4.78, 5) is 29.7. The third-order valence-electron chi connectivity index (χ3n) is 7.36. The van der Waals surface area contributed by atoms with Gasteiger partial charge in [0.15, 0.2) is 0 Å². The third kappa shape index (κ3) is 7.77. The molecule has 0 atom stereocenters. The molecule has 0 aliphatic carbocycles. The van der Waals surface area contributed by atoms with Crippen LogP contribution in [0, 0.1) is 0 Å². The molecule has 46 heavy (non-hydrogen) atoms. The standard InChI is InChI=1S/C36H38N4O4S2/c37-27-9-1-5-13-31(27)45(32-14-6-2-10-28(32)38)23-21-43-35(41)25-17-19-26(20-18-25)36(42)44-22-24-46(33-15-7-3-11-29(33)39)34-16-8-4-12-30(34)40/h1-20,45-46H,21-24,37-40H2. The van der Waals surface area contributed by atoms with Crippen molar-refractivity contribution in [3.8, 4) is 0 Å². The van der Waals surface area contributed by atoms with E-state index in [0.717, 1.165) is 19.6 Å². The van der Waals surface area contributed by atoms with E-state index in [9.17, 15) is 9.59 Å². The molecule has 0 radical (unpaired) electrons. The molecule has 8 N–H and O–H groups in total. The molecule has 0 unspecified atom stereocenters. The van der Waals surface area contributed by atoms with Crippen LogP contribution < -0.4 is 22.9 Å². The number of rotatable bonds is 12. The average molecular weight is 655 g/mol. The van der Waals surface area contributed by atoms with Crippen molar-refractivity contribution in [2.75, 3.05) is 47.7 Å². The summed E-state index contributed by atoms with van der Waals surface area (Å²) in [6.45, 7) is 0.357. The first-order chi connectivity index (χ1) is 22.3. The summed E-state index contributed by atoms with van der Waals surface area (Å²) in [5.41, 5.74) is 28.6. The molecule has 0 aromatic heterocycles. The quantitative estimate of drug-likeness (QED) is 0.0501. The number of carbonyl (C=O) groups excluding carboxylic acids is 2. The maximum Gasteiger partial charge on any atom is 0.338 e. The van der Waals surface area contributed by atoms with E-state index >= 15 is 0 Å². The van der Waals surface area contributed by atoms with Crippen molar-refractivity contribution in [3.63, 3.8) is 0 Å². The lowest BCUT2D eigenvalue weighted by molar-refractivity contribution is 0.0515. The molecule has 0 saturated carbocycles. The van der Waals surface area contributed by atoms with Gasteiger partial charge in [0, 0.05) is 53.8 Å². The van der Waals surface area contributed by atoms with E-state index in [0.29, 0.717) is 45.4 Å². The largest absolute Gasteiger partial charge is 0.461 e. The van der Waals surface area contributed by atoms with Crippen LogP contribution in [0.1, 0.15) is 20.7 Å². The van der Waals surface area contributed by atoms with Crippen LogP contribution in [0.4, 0.5) is 22.7 Å². The molecule has 0 amide bonds.